The van der Waals surface area contributed by atoms with E-state index in [-0.39, 0.29) is 29.4 Å². The summed E-state index contributed by atoms with van der Waals surface area (Å²) in [5.41, 5.74) is 8.79. The number of ether oxygens (including phenoxy) is 2. The number of hydrogen-bond donors (Lipinski definition) is 4. The third-order valence-corrected chi connectivity index (χ3v) is 18.0. The first kappa shape index (κ1) is 57.8. The first-order valence-electron chi connectivity index (χ1n) is 28.4. The Kier molecular flexibility index (Phi) is 26.4. The van der Waals surface area contributed by atoms with Crippen LogP contribution in [0.5, 0.6) is 5.75 Å². The molecule has 5 rings (SSSR count). The van der Waals surface area contributed by atoms with Gasteiger partial charge in [-0.05, 0) is 117 Å². The number of rotatable bonds is 36. The highest BCUT2D eigenvalue weighted by atomic mass is 31.2. The molecule has 4 aliphatic carbocycles. The van der Waals surface area contributed by atoms with E-state index in [0.29, 0.717) is 82.1 Å². The van der Waals surface area contributed by atoms with Crippen LogP contribution in [0.1, 0.15) is 224 Å². The highest BCUT2D eigenvalue weighted by Crippen LogP contribution is 2.62. The molecule has 3 fully saturated rings. The van der Waals surface area contributed by atoms with E-state index >= 15 is 0 Å². The van der Waals surface area contributed by atoms with E-state index in [9.17, 15) is 19.3 Å². The number of methoxy groups -OCH3 is 1. The molecule has 13 heteroatoms. The normalized spacial score (nSPS) is 26.5. The monoisotopic (exact) mass is 988 g/mol. The van der Waals surface area contributed by atoms with Crippen molar-refractivity contribution in [2.45, 2.75) is 244 Å². The van der Waals surface area contributed by atoms with Crippen LogP contribution in [0.4, 0.5) is 0 Å². The molecule has 9 unspecified atom stereocenters. The summed E-state index contributed by atoms with van der Waals surface area (Å²) in [7, 11) is -2.24. The summed E-state index contributed by atoms with van der Waals surface area (Å²) < 4.78 is 44.6. The summed E-state index contributed by atoms with van der Waals surface area (Å²) >= 11 is 0. The third kappa shape index (κ3) is 18.4. The Balaban J connectivity index is 1.04. The van der Waals surface area contributed by atoms with Crippen molar-refractivity contribution < 1.29 is 42.3 Å². The van der Waals surface area contributed by atoms with Crippen LogP contribution in [-0.4, -0.2) is 81.3 Å². The predicted octanol–water partition coefficient (Wildman–Crippen LogP) is 12.4. The van der Waals surface area contributed by atoms with Crippen molar-refractivity contribution in [1.29, 1.82) is 0 Å². The number of amides is 2. The molecule has 0 aliphatic heterocycles. The fourth-order valence-electron chi connectivity index (χ4n) is 12.4. The number of carbonyl (C=O) groups excluding carboxylic acids is 2. The van der Waals surface area contributed by atoms with Crippen LogP contribution in [-0.2, 0) is 39.1 Å². The molecule has 1 aromatic rings. The number of unbranched alkanes of at least 4 members (excludes halogenated alkanes) is 18. The first-order valence-corrected chi connectivity index (χ1v) is 29.8. The summed E-state index contributed by atoms with van der Waals surface area (Å²) in [6.07, 6.45) is 31.9. The molecule has 0 saturated heterocycles. The molecule has 0 aromatic heterocycles. The van der Waals surface area contributed by atoms with Crippen LogP contribution in [0, 0.1) is 23.2 Å². The van der Waals surface area contributed by atoms with E-state index in [1.807, 2.05) is 6.07 Å². The predicted molar refractivity (Wildman–Crippen MR) is 277 cm³/mol. The van der Waals surface area contributed by atoms with Gasteiger partial charge in [0.15, 0.2) is 0 Å². The maximum atomic E-state index is 14.2. The van der Waals surface area contributed by atoms with E-state index in [4.69, 9.17) is 28.8 Å². The van der Waals surface area contributed by atoms with Crippen molar-refractivity contribution in [3.05, 3.63) is 29.3 Å². The average Bonchev–Trinajstić information content (AvgIpc) is 3.68. The fourth-order valence-corrected chi connectivity index (χ4v) is 13.7. The van der Waals surface area contributed by atoms with Crippen molar-refractivity contribution in [2.75, 3.05) is 40.0 Å². The minimum atomic E-state index is -3.80. The second-order valence-electron chi connectivity index (χ2n) is 21.6. The van der Waals surface area contributed by atoms with Crippen LogP contribution in [0.25, 0.3) is 0 Å². The maximum absolute atomic E-state index is 14.2. The topological polar surface area (TPSA) is 168 Å². The standard InChI is InChI=1S/C56H98N3O9P/c1-5-7-9-11-13-15-17-19-21-23-39-66-69(63,67-40-24-22-20-18-16-14-12-10-8-6-2)68-44-27-29-45-43(42-44)26-28-47-46(45)34-36-56(3)48(47)30-33-51(56)65-41-35-52(60)58-37-25-38-59-55(62)53-50(64-4)32-31-49(57)54(53)61/h27,29,42,46-51,53-54,61H,5-26,28,30-41,57H2,1-4H3,(H,58,60)(H,59,62). The van der Waals surface area contributed by atoms with E-state index in [1.54, 1.807) is 7.11 Å². The van der Waals surface area contributed by atoms with Gasteiger partial charge in [0, 0.05) is 32.7 Å². The first-order chi connectivity index (χ1) is 33.5. The van der Waals surface area contributed by atoms with E-state index in [0.717, 1.165) is 64.2 Å². The Morgan fingerprint density at radius 2 is 1.33 bits per heavy atom. The second kappa shape index (κ2) is 31.5. The smallest absolute Gasteiger partial charge is 0.404 e. The van der Waals surface area contributed by atoms with Crippen LogP contribution in [0.2, 0.25) is 0 Å². The van der Waals surface area contributed by atoms with Gasteiger partial charge in [0.25, 0.3) is 0 Å². The summed E-state index contributed by atoms with van der Waals surface area (Å²) in [5, 5.41) is 16.4. The second-order valence-corrected chi connectivity index (χ2v) is 23.2. The minimum absolute atomic E-state index is 0.0530. The number of hydrogen-bond acceptors (Lipinski definition) is 10. The Labute approximate surface area is 418 Å². The molecule has 5 N–H and O–H groups in total. The fraction of sp³-hybridized carbons (Fsp3) is 0.857. The minimum Gasteiger partial charge on any atom is -0.404 e. The highest BCUT2D eigenvalue weighted by Gasteiger charge is 2.55. The van der Waals surface area contributed by atoms with Crippen molar-refractivity contribution >= 4 is 19.6 Å². The molecule has 12 nitrogen and oxygen atoms in total. The molecule has 0 heterocycles. The number of benzene rings is 1. The zero-order valence-electron chi connectivity index (χ0n) is 43.8. The van der Waals surface area contributed by atoms with Crippen molar-refractivity contribution in [2.24, 2.45) is 28.9 Å². The lowest BCUT2D eigenvalue weighted by Gasteiger charge is -2.50. The van der Waals surface area contributed by atoms with Crippen molar-refractivity contribution in [3.63, 3.8) is 0 Å². The summed E-state index contributed by atoms with van der Waals surface area (Å²) in [4.78, 5) is 25.6. The van der Waals surface area contributed by atoms with Gasteiger partial charge in [-0.15, -0.1) is 0 Å². The van der Waals surface area contributed by atoms with Gasteiger partial charge in [0.05, 0.1) is 44.1 Å². The lowest BCUT2D eigenvalue weighted by Crippen LogP contribution is -2.55. The number of aryl methyl sites for hydroxylation is 1. The molecule has 1 aromatic carbocycles. The maximum Gasteiger partial charge on any atom is 0.530 e. The van der Waals surface area contributed by atoms with E-state index in [1.165, 1.54) is 114 Å². The summed E-state index contributed by atoms with van der Waals surface area (Å²) in [5.74, 6) is 1.20. The van der Waals surface area contributed by atoms with Gasteiger partial charge in [-0.1, -0.05) is 142 Å². The summed E-state index contributed by atoms with van der Waals surface area (Å²) in [6.45, 7) is 8.92. The van der Waals surface area contributed by atoms with E-state index < -0.39 is 25.9 Å². The van der Waals surface area contributed by atoms with Gasteiger partial charge in [-0.2, -0.15) is 0 Å². The molecule has 0 spiro atoms. The number of carbonyl (C=O) groups is 2. The van der Waals surface area contributed by atoms with Gasteiger partial charge >= 0.3 is 7.82 Å². The van der Waals surface area contributed by atoms with Crippen LogP contribution < -0.4 is 20.9 Å². The molecular formula is C56H98N3O9P. The van der Waals surface area contributed by atoms with Crippen LogP contribution in [0.3, 0.4) is 0 Å². The number of aliphatic hydroxyl groups is 1. The lowest BCUT2D eigenvalue weighted by atomic mass is 9.55. The van der Waals surface area contributed by atoms with Gasteiger partial charge in [0.1, 0.15) is 5.75 Å². The molecule has 2 amide bonds. The molecule has 69 heavy (non-hydrogen) atoms. The lowest BCUT2D eigenvalue weighted by molar-refractivity contribution is -0.140. The van der Waals surface area contributed by atoms with Crippen molar-refractivity contribution in [3.8, 4) is 5.75 Å². The Morgan fingerprint density at radius 3 is 1.94 bits per heavy atom. The van der Waals surface area contributed by atoms with Gasteiger partial charge < -0.3 is 35.5 Å². The zero-order valence-corrected chi connectivity index (χ0v) is 44.7. The molecule has 0 radical (unpaired) electrons. The van der Waals surface area contributed by atoms with Crippen LogP contribution >= 0.6 is 7.82 Å². The average molecular weight is 988 g/mol. The molecule has 0 bridgehead atoms. The van der Waals surface area contributed by atoms with Crippen molar-refractivity contribution in [1.82, 2.24) is 10.6 Å². The largest absolute Gasteiger partial charge is 0.530 e. The molecular weight excluding hydrogens is 890 g/mol. The number of phosphoric ester groups is 1. The quantitative estimate of drug-likeness (QED) is 0.0375. The Morgan fingerprint density at radius 1 is 0.739 bits per heavy atom. The zero-order chi connectivity index (χ0) is 49.3. The number of fused-ring (bicyclic) bond motifs is 5. The summed E-state index contributed by atoms with van der Waals surface area (Å²) in [6, 6.07) is 5.89. The Bertz CT molecular complexity index is 1640. The number of aliphatic hydroxyl groups excluding tert-OH is 1. The Hall–Kier alpha value is -2.05. The third-order valence-electron chi connectivity index (χ3n) is 16.5. The molecule has 396 valence electrons. The molecule has 9 atom stereocenters. The van der Waals surface area contributed by atoms with Gasteiger partial charge in [-0.25, -0.2) is 4.57 Å². The van der Waals surface area contributed by atoms with Gasteiger partial charge in [-0.3, -0.25) is 18.6 Å². The number of phosphoric acid groups is 1. The number of nitrogens with two attached hydrogens (primary N) is 1. The molecule has 3 saturated carbocycles. The van der Waals surface area contributed by atoms with Gasteiger partial charge in [0.2, 0.25) is 11.8 Å². The SMILES string of the molecule is CCCCCCCCCCCCOP(=O)(OCCCCCCCCCCCC)Oc1ccc2c(c1)CCC1C2CCC2(C)C(OCCC(=O)NCCCNC(=O)C3C(OC)CCC(N)C3O)CCC12. The number of nitrogens with one attached hydrogen (secondary N) is 2. The van der Waals surface area contributed by atoms with Crippen LogP contribution in [0.15, 0.2) is 18.2 Å². The van der Waals surface area contributed by atoms with E-state index in [2.05, 4.69) is 43.5 Å². The molecule has 4 aliphatic rings. The highest BCUT2D eigenvalue weighted by molar-refractivity contribution is 7.48.